The maximum atomic E-state index is 12.4. The smallest absolute Gasteiger partial charge is 0.341 e. The van der Waals surface area contributed by atoms with E-state index in [4.69, 9.17) is 39.5 Å². The second-order valence-corrected chi connectivity index (χ2v) is 8.76. The molecule has 1 saturated heterocycles. The molecule has 0 saturated carbocycles. The average molecular weight is 507 g/mol. The largest absolute Gasteiger partial charge is 0.462 e. The van der Waals surface area contributed by atoms with E-state index >= 15 is 0 Å². The van der Waals surface area contributed by atoms with Crippen molar-refractivity contribution in [1.29, 1.82) is 0 Å². The van der Waals surface area contributed by atoms with E-state index in [1.54, 1.807) is 49.4 Å². The number of aliphatic imine (C=N–C) groups is 1. The molecule has 1 N–H and O–H groups in total. The van der Waals surface area contributed by atoms with Crippen molar-refractivity contribution >= 4 is 86.3 Å². The molecule has 0 aliphatic carbocycles. The molecule has 1 amide bonds. The predicted molar refractivity (Wildman–Crippen MR) is 130 cm³/mol. The lowest BCUT2D eigenvalue weighted by Crippen LogP contribution is -2.19. The number of hydrogen-bond acceptors (Lipinski definition) is 6. The van der Waals surface area contributed by atoms with E-state index in [0.29, 0.717) is 42.3 Å². The third-order valence-corrected chi connectivity index (χ3v) is 6.35. The van der Waals surface area contributed by atoms with E-state index in [2.05, 4.69) is 15.3 Å². The molecule has 0 atom stereocenters. The molecular formula is C22H14Cl3N3O3S. The van der Waals surface area contributed by atoms with Gasteiger partial charge in [-0.15, -0.1) is 0 Å². The van der Waals surface area contributed by atoms with Gasteiger partial charge in [0.15, 0.2) is 5.17 Å². The van der Waals surface area contributed by atoms with Crippen molar-refractivity contribution in [2.24, 2.45) is 4.99 Å². The summed E-state index contributed by atoms with van der Waals surface area (Å²) in [6.07, 6.45) is 3.09. The van der Waals surface area contributed by atoms with Crippen molar-refractivity contribution in [3.8, 4) is 0 Å². The molecule has 162 valence electrons. The Morgan fingerprint density at radius 1 is 1.22 bits per heavy atom. The predicted octanol–water partition coefficient (Wildman–Crippen LogP) is 6.26. The van der Waals surface area contributed by atoms with Crippen LogP contribution in [0.5, 0.6) is 0 Å². The van der Waals surface area contributed by atoms with Crippen LogP contribution in [0.1, 0.15) is 22.8 Å². The fraction of sp³-hybridized carbons (Fsp3) is 0.0909. The molecule has 1 aliphatic heterocycles. The van der Waals surface area contributed by atoms with Crippen LogP contribution in [0.3, 0.4) is 0 Å². The summed E-state index contributed by atoms with van der Waals surface area (Å²) in [5.41, 5.74) is 1.89. The molecule has 1 aromatic heterocycles. The van der Waals surface area contributed by atoms with Crippen molar-refractivity contribution in [2.75, 3.05) is 6.61 Å². The highest BCUT2D eigenvalue weighted by atomic mass is 35.5. The Morgan fingerprint density at radius 2 is 1.97 bits per heavy atom. The van der Waals surface area contributed by atoms with E-state index in [-0.39, 0.29) is 23.1 Å². The van der Waals surface area contributed by atoms with Crippen LogP contribution >= 0.6 is 46.6 Å². The number of carbonyl (C=O) groups is 2. The number of halogens is 3. The summed E-state index contributed by atoms with van der Waals surface area (Å²) in [7, 11) is 0. The average Bonchev–Trinajstić information content (AvgIpc) is 3.10. The van der Waals surface area contributed by atoms with Gasteiger partial charge in [-0.25, -0.2) is 9.79 Å². The number of rotatable bonds is 4. The maximum Gasteiger partial charge on any atom is 0.341 e. The van der Waals surface area contributed by atoms with Crippen LogP contribution in [0, 0.1) is 0 Å². The third kappa shape index (κ3) is 4.61. The number of amidine groups is 1. The lowest BCUT2D eigenvalue weighted by molar-refractivity contribution is -0.115. The SMILES string of the molecule is CCOC(=O)c1cnc2ccc(/C=C3/SC(=Nc4c(Cl)cccc4Cl)NC3=O)cc2c1Cl. The number of esters is 1. The first-order valence-electron chi connectivity index (χ1n) is 9.36. The van der Waals surface area contributed by atoms with Gasteiger partial charge in [-0.1, -0.05) is 46.9 Å². The van der Waals surface area contributed by atoms with Crippen LogP contribution in [0.2, 0.25) is 15.1 Å². The maximum absolute atomic E-state index is 12.4. The Hall–Kier alpha value is -2.58. The van der Waals surface area contributed by atoms with Gasteiger partial charge in [0.1, 0.15) is 5.69 Å². The van der Waals surface area contributed by atoms with Gasteiger partial charge in [0, 0.05) is 11.6 Å². The summed E-state index contributed by atoms with van der Waals surface area (Å²) < 4.78 is 5.02. The van der Waals surface area contributed by atoms with E-state index in [1.165, 1.54) is 6.20 Å². The molecule has 3 aromatic rings. The van der Waals surface area contributed by atoms with E-state index in [1.807, 2.05) is 0 Å². The number of pyridine rings is 1. The van der Waals surface area contributed by atoms with Crippen LogP contribution in [0.4, 0.5) is 5.69 Å². The number of hydrogen-bond donors (Lipinski definition) is 1. The Balaban J connectivity index is 1.67. The van der Waals surface area contributed by atoms with Crippen molar-refractivity contribution in [3.63, 3.8) is 0 Å². The number of thioether (sulfide) groups is 1. The van der Waals surface area contributed by atoms with E-state index in [9.17, 15) is 9.59 Å². The molecule has 6 nitrogen and oxygen atoms in total. The molecule has 0 bridgehead atoms. The fourth-order valence-electron chi connectivity index (χ4n) is 2.95. The number of carbonyl (C=O) groups excluding carboxylic acids is 2. The highest BCUT2D eigenvalue weighted by molar-refractivity contribution is 8.18. The number of fused-ring (bicyclic) bond motifs is 1. The monoisotopic (exact) mass is 505 g/mol. The van der Waals surface area contributed by atoms with Crippen molar-refractivity contribution in [3.05, 3.63) is 73.7 Å². The lowest BCUT2D eigenvalue weighted by Gasteiger charge is -2.07. The quantitative estimate of drug-likeness (QED) is 0.333. The summed E-state index contributed by atoms with van der Waals surface area (Å²) in [6.45, 7) is 1.95. The van der Waals surface area contributed by atoms with Crippen molar-refractivity contribution < 1.29 is 14.3 Å². The van der Waals surface area contributed by atoms with E-state index < -0.39 is 5.97 Å². The minimum Gasteiger partial charge on any atom is -0.462 e. The third-order valence-electron chi connectivity index (χ3n) is 4.42. The summed E-state index contributed by atoms with van der Waals surface area (Å²) >= 11 is 19.9. The van der Waals surface area contributed by atoms with Gasteiger partial charge in [-0.05, 0) is 54.6 Å². The topological polar surface area (TPSA) is 80.7 Å². The lowest BCUT2D eigenvalue weighted by atomic mass is 10.1. The number of para-hydroxylation sites is 1. The Bertz CT molecular complexity index is 1300. The minimum atomic E-state index is -0.541. The number of nitrogens with one attached hydrogen (secondary N) is 1. The van der Waals surface area contributed by atoms with Crippen LogP contribution in [0.25, 0.3) is 17.0 Å². The molecule has 4 rings (SSSR count). The summed E-state index contributed by atoms with van der Waals surface area (Å²) in [6, 6.07) is 10.4. The van der Waals surface area contributed by atoms with Gasteiger partial charge in [0.2, 0.25) is 0 Å². The van der Waals surface area contributed by atoms with Crippen LogP contribution < -0.4 is 5.32 Å². The molecule has 2 aromatic carbocycles. The standard InChI is InChI=1S/C22H14Cl3N3O3S/c1-2-31-21(30)13-10-26-16-7-6-11(8-12(16)18(13)25)9-17-20(29)28-22(32-17)27-19-14(23)4-3-5-15(19)24/h3-10H,2H2,1H3,(H,27,28,29)/b17-9+. The van der Waals surface area contributed by atoms with Crippen molar-refractivity contribution in [1.82, 2.24) is 10.3 Å². The number of amides is 1. The number of ether oxygens (including phenoxy) is 1. The first kappa shape index (κ1) is 22.6. The first-order valence-corrected chi connectivity index (χ1v) is 11.3. The second kappa shape index (κ2) is 9.50. The molecule has 0 radical (unpaired) electrons. The normalized spacial score (nSPS) is 16.1. The van der Waals surface area contributed by atoms with E-state index in [0.717, 1.165) is 11.8 Å². The number of nitrogens with zero attached hydrogens (tertiary/aromatic N) is 2. The summed E-state index contributed by atoms with van der Waals surface area (Å²) in [5.74, 6) is -0.845. The van der Waals surface area contributed by atoms with Gasteiger partial charge in [-0.2, -0.15) is 0 Å². The summed E-state index contributed by atoms with van der Waals surface area (Å²) in [4.78, 5) is 33.6. The second-order valence-electron chi connectivity index (χ2n) is 6.53. The highest BCUT2D eigenvalue weighted by Crippen LogP contribution is 2.36. The molecule has 0 unspecified atom stereocenters. The summed E-state index contributed by atoms with van der Waals surface area (Å²) in [5, 5.41) is 4.65. The minimum absolute atomic E-state index is 0.185. The fourth-order valence-corrected chi connectivity index (χ4v) is 4.54. The zero-order chi connectivity index (χ0) is 22.8. The molecule has 0 spiro atoms. The number of benzene rings is 2. The van der Waals surface area contributed by atoms with Crippen molar-refractivity contribution in [2.45, 2.75) is 6.92 Å². The first-order chi connectivity index (χ1) is 15.4. The van der Waals surface area contributed by atoms with Gasteiger partial charge >= 0.3 is 5.97 Å². The van der Waals surface area contributed by atoms with Gasteiger partial charge < -0.3 is 10.1 Å². The Labute approximate surface area is 202 Å². The number of aromatic nitrogens is 1. The molecule has 32 heavy (non-hydrogen) atoms. The molecular weight excluding hydrogens is 493 g/mol. The molecule has 2 heterocycles. The molecule has 1 fully saturated rings. The van der Waals surface area contributed by atoms with Gasteiger partial charge in [0.25, 0.3) is 5.91 Å². The van der Waals surface area contributed by atoms with Gasteiger partial charge in [0.05, 0.1) is 37.7 Å². The Morgan fingerprint density at radius 3 is 2.69 bits per heavy atom. The highest BCUT2D eigenvalue weighted by Gasteiger charge is 2.24. The van der Waals surface area contributed by atoms with Crippen LogP contribution in [0.15, 0.2) is 52.5 Å². The van der Waals surface area contributed by atoms with Gasteiger partial charge in [-0.3, -0.25) is 9.78 Å². The molecule has 1 aliphatic rings. The van der Waals surface area contributed by atoms with Crippen LogP contribution in [-0.4, -0.2) is 28.6 Å². The Kier molecular flexibility index (Phi) is 6.71. The zero-order valence-electron chi connectivity index (χ0n) is 16.5. The zero-order valence-corrected chi connectivity index (χ0v) is 19.6. The molecule has 10 heteroatoms. The van der Waals surface area contributed by atoms with Crippen LogP contribution in [-0.2, 0) is 9.53 Å².